The van der Waals surface area contributed by atoms with Crippen LogP contribution in [0.2, 0.25) is 0 Å². The van der Waals surface area contributed by atoms with Crippen LogP contribution < -0.4 is 0 Å². The third kappa shape index (κ3) is 5.72. The van der Waals surface area contributed by atoms with Gasteiger partial charge in [-0.05, 0) is 35.0 Å². The van der Waals surface area contributed by atoms with E-state index in [-0.39, 0.29) is 13.2 Å². The molecule has 0 saturated carbocycles. The van der Waals surface area contributed by atoms with Crippen molar-refractivity contribution in [3.63, 3.8) is 0 Å². The summed E-state index contributed by atoms with van der Waals surface area (Å²) >= 11 is 0.877. The highest BCUT2D eigenvalue weighted by molar-refractivity contribution is 8.13. The summed E-state index contributed by atoms with van der Waals surface area (Å²) in [5, 5.41) is -0.470. The third-order valence-corrected chi connectivity index (χ3v) is 4.57. The minimum Gasteiger partial charge on any atom is -0.457 e. The zero-order chi connectivity index (χ0) is 18.9. The molecule has 0 spiro atoms. The van der Waals surface area contributed by atoms with Gasteiger partial charge in [-0.25, -0.2) is 9.59 Å². The van der Waals surface area contributed by atoms with E-state index in [0.717, 1.165) is 22.9 Å². The molecule has 0 aliphatic rings. The van der Waals surface area contributed by atoms with Gasteiger partial charge in [0.15, 0.2) is 0 Å². The summed E-state index contributed by atoms with van der Waals surface area (Å²) in [5.74, 6) is -0.474. The van der Waals surface area contributed by atoms with E-state index in [1.165, 1.54) is 0 Å². The van der Waals surface area contributed by atoms with Gasteiger partial charge in [-0.1, -0.05) is 72.8 Å². The van der Waals surface area contributed by atoms with Crippen LogP contribution in [0.15, 0.2) is 89.8 Å². The van der Waals surface area contributed by atoms with E-state index < -0.39 is 11.3 Å². The fourth-order valence-corrected chi connectivity index (χ4v) is 3.07. The molecule has 0 unspecified atom stereocenters. The molecule has 5 heteroatoms. The number of esters is 1. The summed E-state index contributed by atoms with van der Waals surface area (Å²) < 4.78 is 10.6. The maximum atomic E-state index is 12.4. The second kappa shape index (κ2) is 9.59. The van der Waals surface area contributed by atoms with Crippen LogP contribution >= 0.6 is 11.8 Å². The van der Waals surface area contributed by atoms with E-state index in [9.17, 15) is 9.59 Å². The summed E-state index contributed by atoms with van der Waals surface area (Å²) in [7, 11) is 0. The molecule has 136 valence electrons. The molecule has 3 rings (SSSR count). The molecule has 27 heavy (non-hydrogen) atoms. The number of thioether (sulfide) groups is 1. The van der Waals surface area contributed by atoms with E-state index in [0.29, 0.717) is 10.5 Å². The summed E-state index contributed by atoms with van der Waals surface area (Å²) in [5.41, 5.74) is 2.15. The molecular weight excluding hydrogens is 360 g/mol. The van der Waals surface area contributed by atoms with Crippen LogP contribution in [0.4, 0.5) is 4.79 Å². The Hall–Kier alpha value is -3.05. The van der Waals surface area contributed by atoms with E-state index in [1.54, 1.807) is 24.3 Å². The fraction of sp³-hybridized carbons (Fsp3) is 0.0909. The molecule has 0 bridgehead atoms. The Bertz CT molecular complexity index is 894. The van der Waals surface area contributed by atoms with Crippen LogP contribution in [-0.2, 0) is 22.7 Å². The standard InChI is InChI=1S/C22H18O4S/c23-21(25-15-17-9-3-1-4-10-17)19-13-7-8-14-20(19)27-22(24)26-16-18-11-5-2-6-12-18/h1-14H,15-16H2. The van der Waals surface area contributed by atoms with E-state index in [2.05, 4.69) is 0 Å². The summed E-state index contributed by atoms with van der Waals surface area (Å²) in [6, 6.07) is 25.7. The lowest BCUT2D eigenvalue weighted by molar-refractivity contribution is 0.0468. The highest BCUT2D eigenvalue weighted by Crippen LogP contribution is 2.26. The van der Waals surface area contributed by atoms with Crippen LogP contribution in [0.25, 0.3) is 0 Å². The Balaban J connectivity index is 1.59. The monoisotopic (exact) mass is 378 g/mol. The zero-order valence-corrected chi connectivity index (χ0v) is 15.4. The van der Waals surface area contributed by atoms with E-state index in [1.807, 2.05) is 60.7 Å². The predicted molar refractivity (Wildman–Crippen MR) is 104 cm³/mol. The van der Waals surface area contributed by atoms with Crippen LogP contribution in [0.5, 0.6) is 0 Å². The van der Waals surface area contributed by atoms with Gasteiger partial charge in [0.1, 0.15) is 13.2 Å². The molecule has 0 heterocycles. The smallest absolute Gasteiger partial charge is 0.372 e. The van der Waals surface area contributed by atoms with E-state index >= 15 is 0 Å². The molecule has 0 amide bonds. The molecular formula is C22H18O4S. The Kier molecular flexibility index (Phi) is 6.66. The number of carbonyl (C=O) groups excluding carboxylic acids is 2. The van der Waals surface area contributed by atoms with Crippen molar-refractivity contribution >= 4 is 23.0 Å². The fourth-order valence-electron chi connectivity index (χ4n) is 2.36. The van der Waals surface area contributed by atoms with Crippen molar-refractivity contribution in [1.82, 2.24) is 0 Å². The average molecular weight is 378 g/mol. The summed E-state index contributed by atoms with van der Waals surface area (Å²) in [6.45, 7) is 0.365. The highest BCUT2D eigenvalue weighted by atomic mass is 32.2. The van der Waals surface area contributed by atoms with Gasteiger partial charge < -0.3 is 9.47 Å². The molecule has 0 aliphatic carbocycles. The van der Waals surface area contributed by atoms with Crippen molar-refractivity contribution in [2.75, 3.05) is 0 Å². The molecule has 3 aromatic carbocycles. The third-order valence-electron chi connectivity index (χ3n) is 3.71. The molecule has 0 aliphatic heterocycles. The topological polar surface area (TPSA) is 52.6 Å². The van der Waals surface area contributed by atoms with Crippen molar-refractivity contribution in [3.05, 3.63) is 102 Å². The van der Waals surface area contributed by atoms with Crippen LogP contribution in [0, 0.1) is 0 Å². The maximum absolute atomic E-state index is 12.4. The number of hydrogen-bond donors (Lipinski definition) is 0. The normalized spacial score (nSPS) is 10.2. The van der Waals surface area contributed by atoms with Gasteiger partial charge in [-0.15, -0.1) is 0 Å². The Morgan fingerprint density at radius 1 is 0.667 bits per heavy atom. The van der Waals surface area contributed by atoms with Gasteiger partial charge >= 0.3 is 11.3 Å². The first kappa shape index (κ1) is 18.7. The van der Waals surface area contributed by atoms with Crippen molar-refractivity contribution in [2.45, 2.75) is 18.1 Å². The number of ether oxygens (including phenoxy) is 2. The Morgan fingerprint density at radius 3 is 1.81 bits per heavy atom. The van der Waals surface area contributed by atoms with Crippen molar-refractivity contribution < 1.29 is 19.1 Å². The SMILES string of the molecule is O=C(OCc1ccccc1)Sc1ccccc1C(=O)OCc1ccccc1. The molecule has 0 aromatic heterocycles. The maximum Gasteiger partial charge on any atom is 0.372 e. The lowest BCUT2D eigenvalue weighted by Gasteiger charge is -2.09. The van der Waals surface area contributed by atoms with Crippen LogP contribution in [0.3, 0.4) is 0 Å². The summed E-state index contributed by atoms with van der Waals surface area (Å²) in [4.78, 5) is 25.0. The molecule has 0 saturated heterocycles. The highest BCUT2D eigenvalue weighted by Gasteiger charge is 2.16. The molecule has 3 aromatic rings. The zero-order valence-electron chi connectivity index (χ0n) is 14.5. The van der Waals surface area contributed by atoms with E-state index in [4.69, 9.17) is 9.47 Å². The molecule has 0 atom stereocenters. The number of benzene rings is 3. The minimum atomic E-state index is -0.474. The van der Waals surface area contributed by atoms with Crippen molar-refractivity contribution in [3.8, 4) is 0 Å². The minimum absolute atomic E-state index is 0.178. The number of hydrogen-bond acceptors (Lipinski definition) is 5. The average Bonchev–Trinajstić information content (AvgIpc) is 2.72. The molecule has 0 radical (unpaired) electrons. The Labute approximate surface area is 162 Å². The number of rotatable bonds is 6. The predicted octanol–water partition coefficient (Wildman–Crippen LogP) is 5.47. The molecule has 0 fully saturated rings. The second-order valence-corrected chi connectivity index (χ2v) is 6.66. The van der Waals surface area contributed by atoms with Gasteiger partial charge in [0.2, 0.25) is 0 Å². The van der Waals surface area contributed by atoms with Gasteiger partial charge in [0, 0.05) is 4.90 Å². The van der Waals surface area contributed by atoms with Gasteiger partial charge in [0.25, 0.3) is 0 Å². The quantitative estimate of drug-likeness (QED) is 0.420. The van der Waals surface area contributed by atoms with Gasteiger partial charge in [0.05, 0.1) is 5.56 Å². The summed E-state index contributed by atoms with van der Waals surface area (Å²) in [6.07, 6.45) is 0. The lowest BCUT2D eigenvalue weighted by atomic mass is 10.2. The van der Waals surface area contributed by atoms with Crippen molar-refractivity contribution in [1.29, 1.82) is 0 Å². The molecule has 0 N–H and O–H groups in total. The number of carbonyl (C=O) groups is 2. The van der Waals surface area contributed by atoms with Gasteiger partial charge in [-0.3, -0.25) is 0 Å². The first-order valence-corrected chi connectivity index (χ1v) is 9.22. The second-order valence-electron chi connectivity index (χ2n) is 5.68. The van der Waals surface area contributed by atoms with Crippen LogP contribution in [0.1, 0.15) is 21.5 Å². The largest absolute Gasteiger partial charge is 0.457 e. The van der Waals surface area contributed by atoms with Gasteiger partial charge in [-0.2, -0.15) is 0 Å². The lowest BCUT2D eigenvalue weighted by Crippen LogP contribution is -2.07. The first-order valence-electron chi connectivity index (χ1n) is 8.41. The first-order chi connectivity index (χ1) is 13.2. The molecule has 4 nitrogen and oxygen atoms in total. The van der Waals surface area contributed by atoms with Crippen LogP contribution in [-0.4, -0.2) is 11.3 Å². The van der Waals surface area contributed by atoms with Crippen molar-refractivity contribution in [2.24, 2.45) is 0 Å². The Morgan fingerprint density at radius 2 is 1.19 bits per heavy atom.